The van der Waals surface area contributed by atoms with Gasteiger partial charge in [0, 0.05) is 32.1 Å². The number of hydrogen-bond acceptors (Lipinski definition) is 3. The van der Waals surface area contributed by atoms with Crippen molar-refractivity contribution in [1.82, 2.24) is 9.21 Å². The topological polar surface area (TPSA) is 57.7 Å². The number of aryl methyl sites for hydroxylation is 2. The van der Waals surface area contributed by atoms with Crippen molar-refractivity contribution in [3.63, 3.8) is 0 Å². The number of sulfonamides is 1. The second-order valence-electron chi connectivity index (χ2n) is 7.77. The number of hydrogen-bond donors (Lipinski definition) is 0. The lowest BCUT2D eigenvalue weighted by Crippen LogP contribution is -2.44. The molecule has 0 unspecified atom stereocenters. The van der Waals surface area contributed by atoms with Gasteiger partial charge in [0.25, 0.3) is 0 Å². The van der Waals surface area contributed by atoms with Crippen molar-refractivity contribution < 1.29 is 13.2 Å². The molecule has 1 amide bonds. The Hall–Kier alpha value is -1.66. The van der Waals surface area contributed by atoms with E-state index in [0.29, 0.717) is 43.9 Å². The molecule has 5 nitrogen and oxygen atoms in total. The molecule has 148 valence electrons. The molecule has 0 saturated carbocycles. The average molecular weight is 391 g/mol. The summed E-state index contributed by atoms with van der Waals surface area (Å²) in [4.78, 5) is 14.9. The van der Waals surface area contributed by atoms with E-state index in [1.165, 1.54) is 11.1 Å². The summed E-state index contributed by atoms with van der Waals surface area (Å²) in [5.74, 6) is 0.0193. The minimum Gasteiger partial charge on any atom is -0.339 e. The zero-order valence-corrected chi connectivity index (χ0v) is 17.2. The fourth-order valence-electron chi connectivity index (χ4n) is 4.13. The molecule has 3 rings (SSSR count). The van der Waals surface area contributed by atoms with Crippen LogP contribution in [0.15, 0.2) is 35.2 Å². The second-order valence-corrected chi connectivity index (χ2v) is 9.71. The Labute approximate surface area is 163 Å². The molecule has 6 heteroatoms. The van der Waals surface area contributed by atoms with Gasteiger partial charge in [-0.2, -0.15) is 4.31 Å². The Kier molecular flexibility index (Phi) is 6.06. The molecule has 2 aliphatic rings. The molecule has 1 heterocycles. The molecule has 27 heavy (non-hydrogen) atoms. The van der Waals surface area contributed by atoms with E-state index in [9.17, 15) is 13.2 Å². The van der Waals surface area contributed by atoms with Gasteiger partial charge in [-0.3, -0.25) is 4.79 Å². The van der Waals surface area contributed by atoms with Gasteiger partial charge >= 0.3 is 0 Å². The minimum absolute atomic E-state index is 0.101. The van der Waals surface area contributed by atoms with E-state index < -0.39 is 10.0 Å². The molecule has 1 fully saturated rings. The molecule has 1 aliphatic heterocycles. The third-order valence-electron chi connectivity index (χ3n) is 5.67. The number of benzene rings is 1. The normalized spacial score (nSPS) is 18.3. The summed E-state index contributed by atoms with van der Waals surface area (Å²) in [6, 6.07) is 5.55. The van der Waals surface area contributed by atoms with Gasteiger partial charge in [-0.25, -0.2) is 8.42 Å². The van der Waals surface area contributed by atoms with Crippen LogP contribution in [-0.4, -0.2) is 49.7 Å². The first kappa shape index (κ1) is 20.1. The highest BCUT2D eigenvalue weighted by atomic mass is 32.2. The van der Waals surface area contributed by atoms with E-state index in [0.717, 1.165) is 24.8 Å². The maximum absolute atomic E-state index is 13.0. The molecule has 0 bridgehead atoms. The van der Waals surface area contributed by atoms with Crippen molar-refractivity contribution in [3.05, 3.63) is 41.5 Å². The van der Waals surface area contributed by atoms with Crippen molar-refractivity contribution in [3.8, 4) is 0 Å². The highest BCUT2D eigenvalue weighted by Crippen LogP contribution is 2.29. The second kappa shape index (κ2) is 8.15. The lowest BCUT2D eigenvalue weighted by atomic mass is 9.96. The SMILES string of the molecule is C=C(C)CN(CC)C(=O)C1CCN(S(=O)(=O)c2ccc3c(c2)CCC3)CC1. The number of nitrogens with zero attached hydrogens (tertiary/aromatic N) is 2. The van der Waals surface area contributed by atoms with Crippen LogP contribution in [-0.2, 0) is 27.7 Å². The monoisotopic (exact) mass is 390 g/mol. The molecule has 0 aromatic heterocycles. The van der Waals surface area contributed by atoms with Crippen LogP contribution in [0.2, 0.25) is 0 Å². The molecule has 1 aromatic carbocycles. The number of amides is 1. The number of rotatable bonds is 6. The largest absolute Gasteiger partial charge is 0.339 e. The minimum atomic E-state index is -3.48. The molecule has 0 spiro atoms. The predicted octanol–water partition coefficient (Wildman–Crippen LogP) is 3.00. The lowest BCUT2D eigenvalue weighted by molar-refractivity contribution is -0.136. The Morgan fingerprint density at radius 1 is 1.22 bits per heavy atom. The summed E-state index contributed by atoms with van der Waals surface area (Å²) in [6.45, 7) is 9.81. The van der Waals surface area contributed by atoms with E-state index in [4.69, 9.17) is 0 Å². The zero-order valence-electron chi connectivity index (χ0n) is 16.4. The maximum Gasteiger partial charge on any atom is 0.243 e. The number of piperidine rings is 1. The quantitative estimate of drug-likeness (QED) is 0.702. The fraction of sp³-hybridized carbons (Fsp3) is 0.571. The van der Waals surface area contributed by atoms with E-state index >= 15 is 0 Å². The van der Waals surface area contributed by atoms with Gasteiger partial charge < -0.3 is 4.90 Å². The molecule has 1 aliphatic carbocycles. The third-order valence-corrected chi connectivity index (χ3v) is 7.56. The number of carbonyl (C=O) groups is 1. The van der Waals surface area contributed by atoms with Gasteiger partial charge in [0.2, 0.25) is 15.9 Å². The van der Waals surface area contributed by atoms with Crippen LogP contribution >= 0.6 is 0 Å². The molecule has 0 radical (unpaired) electrons. The van der Waals surface area contributed by atoms with Crippen LogP contribution in [0.1, 0.15) is 44.2 Å². The molecule has 0 atom stereocenters. The maximum atomic E-state index is 13.0. The van der Waals surface area contributed by atoms with Gasteiger partial charge in [-0.05, 0) is 69.2 Å². The fourth-order valence-corrected chi connectivity index (χ4v) is 5.65. The molecular formula is C21H30N2O3S. The summed E-state index contributed by atoms with van der Waals surface area (Å²) in [7, 11) is -3.48. The highest BCUT2D eigenvalue weighted by Gasteiger charge is 2.34. The van der Waals surface area contributed by atoms with Crippen molar-refractivity contribution in [2.24, 2.45) is 5.92 Å². The Bertz CT molecular complexity index is 824. The third kappa shape index (κ3) is 4.27. The highest BCUT2D eigenvalue weighted by molar-refractivity contribution is 7.89. The predicted molar refractivity (Wildman–Crippen MR) is 107 cm³/mol. The summed E-state index contributed by atoms with van der Waals surface area (Å²) >= 11 is 0. The summed E-state index contributed by atoms with van der Waals surface area (Å²) in [6.07, 6.45) is 4.27. The summed E-state index contributed by atoms with van der Waals surface area (Å²) < 4.78 is 27.6. The van der Waals surface area contributed by atoms with Crippen molar-refractivity contribution in [2.75, 3.05) is 26.2 Å². The Balaban J connectivity index is 1.66. The first-order valence-corrected chi connectivity index (χ1v) is 11.3. The van der Waals surface area contributed by atoms with Crippen LogP contribution in [0.25, 0.3) is 0 Å². The molecular weight excluding hydrogens is 360 g/mol. The molecule has 1 saturated heterocycles. The summed E-state index contributed by atoms with van der Waals surface area (Å²) in [5.41, 5.74) is 3.40. The lowest BCUT2D eigenvalue weighted by Gasteiger charge is -2.33. The van der Waals surface area contributed by atoms with Gasteiger partial charge in [0.1, 0.15) is 0 Å². The van der Waals surface area contributed by atoms with E-state index in [2.05, 4.69) is 6.58 Å². The van der Waals surface area contributed by atoms with Gasteiger partial charge in [0.05, 0.1) is 4.90 Å². The first-order valence-electron chi connectivity index (χ1n) is 9.88. The Morgan fingerprint density at radius 3 is 2.52 bits per heavy atom. The van der Waals surface area contributed by atoms with Crippen molar-refractivity contribution in [2.45, 2.75) is 50.8 Å². The average Bonchev–Trinajstić information content (AvgIpc) is 3.13. The van der Waals surface area contributed by atoms with Crippen molar-refractivity contribution >= 4 is 15.9 Å². The van der Waals surface area contributed by atoms with Crippen LogP contribution in [0.4, 0.5) is 0 Å². The van der Waals surface area contributed by atoms with Crippen LogP contribution < -0.4 is 0 Å². The number of fused-ring (bicyclic) bond motifs is 1. The van der Waals surface area contributed by atoms with Crippen LogP contribution in [0.5, 0.6) is 0 Å². The first-order chi connectivity index (χ1) is 12.8. The van der Waals surface area contributed by atoms with Gasteiger partial charge in [-0.1, -0.05) is 18.2 Å². The van der Waals surface area contributed by atoms with Gasteiger partial charge in [-0.15, -0.1) is 0 Å². The van der Waals surface area contributed by atoms with Crippen LogP contribution in [0, 0.1) is 5.92 Å². The zero-order chi connectivity index (χ0) is 19.6. The molecule has 0 N–H and O–H groups in total. The molecule has 1 aromatic rings. The summed E-state index contributed by atoms with van der Waals surface area (Å²) in [5, 5.41) is 0. The van der Waals surface area contributed by atoms with E-state index in [1.807, 2.05) is 30.9 Å². The smallest absolute Gasteiger partial charge is 0.243 e. The van der Waals surface area contributed by atoms with E-state index in [1.54, 1.807) is 10.4 Å². The van der Waals surface area contributed by atoms with Crippen LogP contribution in [0.3, 0.4) is 0 Å². The van der Waals surface area contributed by atoms with Gasteiger partial charge in [0.15, 0.2) is 0 Å². The Morgan fingerprint density at radius 2 is 1.89 bits per heavy atom. The standard InChI is InChI=1S/C21H30N2O3S/c1-4-22(15-16(2)3)21(24)18-10-12-23(13-11-18)27(25,26)20-9-8-17-6-5-7-19(17)14-20/h8-9,14,18H,2,4-7,10-13,15H2,1,3H3. The van der Waals surface area contributed by atoms with E-state index in [-0.39, 0.29) is 11.8 Å². The van der Waals surface area contributed by atoms with Crippen molar-refractivity contribution in [1.29, 1.82) is 0 Å². The number of carbonyl (C=O) groups excluding carboxylic acids is 1. The number of likely N-dealkylation sites (N-methyl/N-ethyl adjacent to an activating group) is 1.